The van der Waals surface area contributed by atoms with E-state index in [0.29, 0.717) is 29.7 Å². The van der Waals surface area contributed by atoms with Gasteiger partial charge in [-0.05, 0) is 62.3 Å². The Bertz CT molecular complexity index is 1090. The second kappa shape index (κ2) is 11.1. The fraction of sp³-hybridized carbons (Fsp3) is 0.615. The molecule has 1 saturated heterocycles. The van der Waals surface area contributed by atoms with Crippen LogP contribution in [0.2, 0.25) is 0 Å². The van der Waals surface area contributed by atoms with E-state index in [1.54, 1.807) is 22.8 Å². The van der Waals surface area contributed by atoms with E-state index < -0.39 is 5.91 Å². The molecule has 2 aliphatic rings. The van der Waals surface area contributed by atoms with Crippen molar-refractivity contribution in [3.05, 3.63) is 34.4 Å². The number of aryl methyl sites for hydroxylation is 1. The van der Waals surface area contributed by atoms with Crippen molar-refractivity contribution in [3.8, 4) is 0 Å². The SMILES string of the molecule is C[C@@H]1C[C@@H](C)CN(CCCNC(=O)CC(=O)Nc2ccc3nc4n(c(=O)c3c2)CCCCC4)C1. The van der Waals surface area contributed by atoms with Crippen LogP contribution in [0.25, 0.3) is 10.9 Å². The highest BCUT2D eigenvalue weighted by Crippen LogP contribution is 2.21. The van der Waals surface area contributed by atoms with E-state index in [1.807, 2.05) is 0 Å². The molecule has 4 rings (SSSR count). The van der Waals surface area contributed by atoms with Gasteiger partial charge < -0.3 is 15.5 Å². The van der Waals surface area contributed by atoms with Crippen LogP contribution in [0.3, 0.4) is 0 Å². The van der Waals surface area contributed by atoms with Gasteiger partial charge in [-0.1, -0.05) is 20.3 Å². The van der Waals surface area contributed by atoms with Crippen LogP contribution in [-0.2, 0) is 22.6 Å². The molecule has 2 aliphatic heterocycles. The third-order valence-corrected chi connectivity index (χ3v) is 6.84. The number of aromatic nitrogens is 2. The van der Waals surface area contributed by atoms with Crippen molar-refractivity contribution < 1.29 is 9.59 Å². The van der Waals surface area contributed by atoms with Crippen LogP contribution in [0.5, 0.6) is 0 Å². The molecule has 184 valence electrons. The lowest BCUT2D eigenvalue weighted by atomic mass is 9.92. The molecule has 2 amide bonds. The Balaban J connectivity index is 1.27. The molecular formula is C26H37N5O3. The molecule has 1 aromatic carbocycles. The lowest BCUT2D eigenvalue weighted by molar-refractivity contribution is -0.126. The summed E-state index contributed by atoms with van der Waals surface area (Å²) in [6.45, 7) is 9.04. The first kappa shape index (κ1) is 24.4. The highest BCUT2D eigenvalue weighted by molar-refractivity contribution is 6.04. The number of piperidine rings is 1. The average molecular weight is 468 g/mol. The summed E-state index contributed by atoms with van der Waals surface area (Å²) < 4.78 is 1.76. The fourth-order valence-electron chi connectivity index (χ4n) is 5.41. The maximum atomic E-state index is 13.0. The second-order valence-electron chi connectivity index (χ2n) is 10.2. The zero-order chi connectivity index (χ0) is 24.1. The third-order valence-electron chi connectivity index (χ3n) is 6.84. The van der Waals surface area contributed by atoms with Gasteiger partial charge in [-0.2, -0.15) is 0 Å². The van der Waals surface area contributed by atoms with Crippen molar-refractivity contribution in [1.29, 1.82) is 0 Å². The van der Waals surface area contributed by atoms with Crippen LogP contribution in [0.4, 0.5) is 5.69 Å². The quantitative estimate of drug-likeness (QED) is 0.482. The molecule has 2 aromatic rings. The molecule has 0 bridgehead atoms. The number of nitrogens with zero attached hydrogens (tertiary/aromatic N) is 3. The second-order valence-corrected chi connectivity index (χ2v) is 10.2. The molecule has 34 heavy (non-hydrogen) atoms. The molecule has 8 heteroatoms. The highest BCUT2D eigenvalue weighted by atomic mass is 16.2. The summed E-state index contributed by atoms with van der Waals surface area (Å²) in [4.78, 5) is 44.7. The minimum absolute atomic E-state index is 0.0618. The normalized spacial score (nSPS) is 21.0. The Labute approximate surface area is 201 Å². The van der Waals surface area contributed by atoms with E-state index >= 15 is 0 Å². The zero-order valence-corrected chi connectivity index (χ0v) is 20.4. The number of carbonyl (C=O) groups excluding carboxylic acids is 2. The summed E-state index contributed by atoms with van der Waals surface area (Å²) in [5, 5.41) is 6.10. The summed E-state index contributed by atoms with van der Waals surface area (Å²) >= 11 is 0. The first-order chi connectivity index (χ1) is 16.4. The zero-order valence-electron chi connectivity index (χ0n) is 20.4. The van der Waals surface area contributed by atoms with Crippen LogP contribution in [-0.4, -0.2) is 52.4 Å². The molecule has 3 heterocycles. The number of carbonyl (C=O) groups is 2. The predicted octanol–water partition coefficient (Wildman–Crippen LogP) is 2.94. The van der Waals surface area contributed by atoms with Gasteiger partial charge in [-0.25, -0.2) is 4.98 Å². The maximum absolute atomic E-state index is 13.0. The van der Waals surface area contributed by atoms with Gasteiger partial charge in [0.1, 0.15) is 12.2 Å². The van der Waals surface area contributed by atoms with Crippen molar-refractivity contribution in [2.24, 2.45) is 11.8 Å². The Morgan fingerprint density at radius 3 is 2.68 bits per heavy atom. The van der Waals surface area contributed by atoms with Crippen LogP contribution in [0.1, 0.15) is 58.2 Å². The Hall–Kier alpha value is -2.74. The van der Waals surface area contributed by atoms with Gasteiger partial charge in [0, 0.05) is 38.3 Å². The lowest BCUT2D eigenvalue weighted by Gasteiger charge is -2.34. The number of amides is 2. The fourth-order valence-corrected chi connectivity index (χ4v) is 5.41. The van der Waals surface area contributed by atoms with Crippen LogP contribution >= 0.6 is 0 Å². The molecular weight excluding hydrogens is 430 g/mol. The highest BCUT2D eigenvalue weighted by Gasteiger charge is 2.21. The van der Waals surface area contributed by atoms with Gasteiger partial charge >= 0.3 is 0 Å². The summed E-state index contributed by atoms with van der Waals surface area (Å²) in [6, 6.07) is 5.17. The summed E-state index contributed by atoms with van der Waals surface area (Å²) in [5.74, 6) is 1.61. The molecule has 0 saturated carbocycles. The smallest absolute Gasteiger partial charge is 0.261 e. The molecule has 0 unspecified atom stereocenters. The van der Waals surface area contributed by atoms with E-state index in [2.05, 4.69) is 34.4 Å². The van der Waals surface area contributed by atoms with Gasteiger partial charge in [0.05, 0.1) is 10.9 Å². The largest absolute Gasteiger partial charge is 0.356 e. The molecule has 2 atom stereocenters. The monoisotopic (exact) mass is 467 g/mol. The molecule has 0 radical (unpaired) electrons. The standard InChI is InChI=1S/C26H37N5O3/c1-18-13-19(2)17-30(16-18)11-6-10-27-24(32)15-25(33)28-20-8-9-22-21(14-20)26(34)31-12-5-3-4-7-23(31)29-22/h8-9,14,18-19H,3-7,10-13,15-17H2,1-2H3,(H,27,32)(H,28,33)/t18-,19-/m1/s1. The molecule has 8 nitrogen and oxygen atoms in total. The van der Waals surface area contributed by atoms with Crippen LogP contribution < -0.4 is 16.2 Å². The number of hydrogen-bond acceptors (Lipinski definition) is 5. The van der Waals surface area contributed by atoms with Crippen molar-refractivity contribution in [2.75, 3.05) is 31.5 Å². The Kier molecular flexibility index (Phi) is 7.98. The van der Waals surface area contributed by atoms with Crippen molar-refractivity contribution in [1.82, 2.24) is 19.8 Å². The van der Waals surface area contributed by atoms with E-state index in [1.165, 1.54) is 6.42 Å². The van der Waals surface area contributed by atoms with Crippen molar-refractivity contribution >= 4 is 28.4 Å². The summed E-state index contributed by atoms with van der Waals surface area (Å²) in [7, 11) is 0. The Morgan fingerprint density at radius 2 is 1.88 bits per heavy atom. The molecule has 0 aliphatic carbocycles. The van der Waals surface area contributed by atoms with Crippen LogP contribution in [0.15, 0.2) is 23.0 Å². The number of fused-ring (bicyclic) bond motifs is 2. The average Bonchev–Trinajstić information content (AvgIpc) is 3.02. The number of hydrogen-bond donors (Lipinski definition) is 2. The first-order valence-electron chi connectivity index (χ1n) is 12.7. The van der Waals surface area contributed by atoms with E-state index in [-0.39, 0.29) is 17.9 Å². The van der Waals surface area contributed by atoms with Gasteiger partial charge in [-0.3, -0.25) is 19.0 Å². The molecule has 0 spiro atoms. The van der Waals surface area contributed by atoms with Crippen molar-refractivity contribution in [3.63, 3.8) is 0 Å². The summed E-state index contributed by atoms with van der Waals surface area (Å²) in [6.07, 6.45) is 5.85. The van der Waals surface area contributed by atoms with Gasteiger partial charge in [0.15, 0.2) is 0 Å². The third kappa shape index (κ3) is 6.23. The maximum Gasteiger partial charge on any atom is 0.261 e. The number of benzene rings is 1. The molecule has 1 fully saturated rings. The molecule has 2 N–H and O–H groups in total. The topological polar surface area (TPSA) is 96.3 Å². The number of rotatable bonds is 7. The number of anilines is 1. The van der Waals surface area contributed by atoms with E-state index in [9.17, 15) is 14.4 Å². The van der Waals surface area contributed by atoms with E-state index in [4.69, 9.17) is 0 Å². The van der Waals surface area contributed by atoms with Gasteiger partial charge in [0.25, 0.3) is 5.56 Å². The summed E-state index contributed by atoms with van der Waals surface area (Å²) in [5.41, 5.74) is 1.09. The van der Waals surface area contributed by atoms with Gasteiger partial charge in [-0.15, -0.1) is 0 Å². The van der Waals surface area contributed by atoms with Crippen molar-refractivity contribution in [2.45, 2.75) is 65.3 Å². The number of likely N-dealkylation sites (tertiary alicyclic amines) is 1. The minimum Gasteiger partial charge on any atom is -0.356 e. The minimum atomic E-state index is -0.390. The lowest BCUT2D eigenvalue weighted by Crippen LogP contribution is -2.40. The predicted molar refractivity (Wildman–Crippen MR) is 134 cm³/mol. The number of nitrogens with one attached hydrogen (secondary N) is 2. The van der Waals surface area contributed by atoms with E-state index in [0.717, 1.165) is 69.4 Å². The van der Waals surface area contributed by atoms with Gasteiger partial charge in [0.2, 0.25) is 11.8 Å². The first-order valence-corrected chi connectivity index (χ1v) is 12.7. The van der Waals surface area contributed by atoms with Crippen LogP contribution in [0, 0.1) is 11.8 Å². The Morgan fingerprint density at radius 1 is 1.09 bits per heavy atom. The molecule has 1 aromatic heterocycles.